The molecule has 0 atom stereocenters. The molecule has 1 heterocycles. The molecule has 1 amide bonds. The molecular weight excluding hydrogens is 294 g/mol. The van der Waals surface area contributed by atoms with Crippen LogP contribution in [-0.4, -0.2) is 24.6 Å². The number of nitrogens with one attached hydrogen (secondary N) is 1. The summed E-state index contributed by atoms with van der Waals surface area (Å²) in [5.41, 5.74) is 1.18. The SMILES string of the molecule is COc1cc(C(=O)NCc2ccncc2)ccc1OC(F)F. The summed E-state index contributed by atoms with van der Waals surface area (Å²) in [5, 5.41) is 2.72. The second-order valence-corrected chi connectivity index (χ2v) is 4.28. The zero-order valence-electron chi connectivity index (χ0n) is 11.8. The Kier molecular flexibility index (Phi) is 5.24. The lowest BCUT2D eigenvalue weighted by molar-refractivity contribution is -0.0512. The summed E-state index contributed by atoms with van der Waals surface area (Å²) in [6.45, 7) is -2.63. The maximum absolute atomic E-state index is 12.2. The number of alkyl halides is 2. The Bertz CT molecular complexity index is 636. The zero-order valence-corrected chi connectivity index (χ0v) is 11.8. The second-order valence-electron chi connectivity index (χ2n) is 4.28. The van der Waals surface area contributed by atoms with Crippen LogP contribution >= 0.6 is 0 Å². The van der Waals surface area contributed by atoms with E-state index in [4.69, 9.17) is 4.74 Å². The van der Waals surface area contributed by atoms with Crippen molar-refractivity contribution in [3.05, 3.63) is 53.9 Å². The third-order valence-corrected chi connectivity index (χ3v) is 2.84. The molecule has 0 aliphatic carbocycles. The van der Waals surface area contributed by atoms with E-state index in [9.17, 15) is 13.6 Å². The molecule has 1 N–H and O–H groups in total. The molecule has 2 rings (SSSR count). The van der Waals surface area contributed by atoms with Crippen LogP contribution in [0.15, 0.2) is 42.7 Å². The molecule has 1 aromatic heterocycles. The Morgan fingerprint density at radius 3 is 2.59 bits per heavy atom. The van der Waals surface area contributed by atoms with E-state index in [2.05, 4.69) is 15.0 Å². The third-order valence-electron chi connectivity index (χ3n) is 2.84. The maximum atomic E-state index is 12.2. The fraction of sp³-hybridized carbons (Fsp3) is 0.200. The number of nitrogens with zero attached hydrogens (tertiary/aromatic N) is 1. The molecular formula is C15H14F2N2O3. The van der Waals surface area contributed by atoms with Crippen LogP contribution in [0.25, 0.3) is 0 Å². The van der Waals surface area contributed by atoms with Gasteiger partial charge in [0, 0.05) is 24.5 Å². The van der Waals surface area contributed by atoms with E-state index in [1.54, 1.807) is 24.5 Å². The Balaban J connectivity index is 2.06. The lowest BCUT2D eigenvalue weighted by Crippen LogP contribution is -2.22. The number of amides is 1. The standard InChI is InChI=1S/C15H14F2N2O3/c1-21-13-8-11(2-3-12(13)22-15(16)17)14(20)19-9-10-4-6-18-7-5-10/h2-8,15H,9H2,1H3,(H,19,20). The Morgan fingerprint density at radius 1 is 1.23 bits per heavy atom. The van der Waals surface area contributed by atoms with E-state index in [-0.39, 0.29) is 23.0 Å². The van der Waals surface area contributed by atoms with Crippen molar-refractivity contribution in [2.75, 3.05) is 7.11 Å². The van der Waals surface area contributed by atoms with Gasteiger partial charge < -0.3 is 14.8 Å². The number of carbonyl (C=O) groups excluding carboxylic acids is 1. The molecule has 22 heavy (non-hydrogen) atoms. The van der Waals surface area contributed by atoms with Crippen LogP contribution < -0.4 is 14.8 Å². The summed E-state index contributed by atoms with van der Waals surface area (Å²) in [6.07, 6.45) is 3.25. The topological polar surface area (TPSA) is 60.5 Å². The minimum Gasteiger partial charge on any atom is -0.493 e. The van der Waals surface area contributed by atoms with E-state index in [0.717, 1.165) is 5.56 Å². The summed E-state index contributed by atoms with van der Waals surface area (Å²) in [5.74, 6) is -0.404. The van der Waals surface area contributed by atoms with Gasteiger partial charge in [0.15, 0.2) is 11.5 Å². The van der Waals surface area contributed by atoms with Gasteiger partial charge in [0.2, 0.25) is 0 Å². The second kappa shape index (κ2) is 7.35. The van der Waals surface area contributed by atoms with Crippen LogP contribution in [0.4, 0.5) is 8.78 Å². The molecule has 2 aromatic rings. The lowest BCUT2D eigenvalue weighted by atomic mass is 10.2. The number of rotatable bonds is 6. The molecule has 7 heteroatoms. The summed E-state index contributed by atoms with van der Waals surface area (Å²) in [6, 6.07) is 7.56. The Morgan fingerprint density at radius 2 is 1.95 bits per heavy atom. The molecule has 0 aliphatic rings. The van der Waals surface area contributed by atoms with Gasteiger partial charge in [0.05, 0.1) is 7.11 Å². The molecule has 0 radical (unpaired) electrons. The minimum atomic E-state index is -2.96. The predicted octanol–water partition coefficient (Wildman–Crippen LogP) is 2.62. The summed E-state index contributed by atoms with van der Waals surface area (Å²) < 4.78 is 33.7. The number of hydrogen-bond donors (Lipinski definition) is 1. The van der Waals surface area contributed by atoms with Gasteiger partial charge in [-0.1, -0.05) is 0 Å². The van der Waals surface area contributed by atoms with E-state index in [1.165, 1.54) is 25.3 Å². The number of aromatic nitrogens is 1. The van der Waals surface area contributed by atoms with Gasteiger partial charge in [0.1, 0.15) is 0 Å². The Hall–Kier alpha value is -2.70. The normalized spacial score (nSPS) is 10.4. The van der Waals surface area contributed by atoms with Crippen molar-refractivity contribution < 1.29 is 23.0 Å². The molecule has 0 aliphatic heterocycles. The smallest absolute Gasteiger partial charge is 0.387 e. The van der Waals surface area contributed by atoms with Crippen molar-refractivity contribution in [2.45, 2.75) is 13.2 Å². The van der Waals surface area contributed by atoms with Crippen LogP contribution in [0.2, 0.25) is 0 Å². The third kappa shape index (κ3) is 4.15. The summed E-state index contributed by atoms with van der Waals surface area (Å²) >= 11 is 0. The monoisotopic (exact) mass is 308 g/mol. The number of carbonyl (C=O) groups is 1. The van der Waals surface area contributed by atoms with Crippen LogP contribution in [0, 0.1) is 0 Å². The first-order chi connectivity index (χ1) is 10.6. The van der Waals surface area contributed by atoms with Crippen LogP contribution in [-0.2, 0) is 6.54 Å². The van der Waals surface area contributed by atoms with Gasteiger partial charge in [0.25, 0.3) is 5.91 Å². The van der Waals surface area contributed by atoms with Crippen molar-refractivity contribution in [3.8, 4) is 11.5 Å². The quantitative estimate of drug-likeness (QED) is 0.891. The molecule has 0 saturated heterocycles. The highest BCUT2D eigenvalue weighted by molar-refractivity contribution is 5.94. The molecule has 0 fully saturated rings. The van der Waals surface area contributed by atoms with Crippen LogP contribution in [0.5, 0.6) is 11.5 Å². The first-order valence-electron chi connectivity index (χ1n) is 6.40. The fourth-order valence-corrected chi connectivity index (χ4v) is 1.79. The molecule has 0 bridgehead atoms. The molecule has 0 spiro atoms. The van der Waals surface area contributed by atoms with E-state index < -0.39 is 6.61 Å². The molecule has 1 aromatic carbocycles. The predicted molar refractivity (Wildman–Crippen MR) is 75.0 cm³/mol. The lowest BCUT2D eigenvalue weighted by Gasteiger charge is -2.11. The highest BCUT2D eigenvalue weighted by Gasteiger charge is 2.14. The largest absolute Gasteiger partial charge is 0.493 e. The van der Waals surface area contributed by atoms with Gasteiger partial charge in [-0.3, -0.25) is 9.78 Å². The van der Waals surface area contributed by atoms with Gasteiger partial charge in [-0.25, -0.2) is 0 Å². The fourth-order valence-electron chi connectivity index (χ4n) is 1.79. The van der Waals surface area contributed by atoms with Crippen LogP contribution in [0.3, 0.4) is 0 Å². The van der Waals surface area contributed by atoms with Crippen LogP contribution in [0.1, 0.15) is 15.9 Å². The molecule has 0 saturated carbocycles. The van der Waals surface area contributed by atoms with Crippen molar-refractivity contribution in [1.82, 2.24) is 10.3 Å². The number of benzene rings is 1. The number of ether oxygens (including phenoxy) is 2. The molecule has 116 valence electrons. The van der Waals surface area contributed by atoms with Gasteiger partial charge in [-0.2, -0.15) is 8.78 Å². The minimum absolute atomic E-state index is 0.0665. The van der Waals surface area contributed by atoms with Crippen molar-refractivity contribution in [2.24, 2.45) is 0 Å². The average molecular weight is 308 g/mol. The van der Waals surface area contributed by atoms with Crippen molar-refractivity contribution in [3.63, 3.8) is 0 Å². The summed E-state index contributed by atoms with van der Waals surface area (Å²) in [7, 11) is 1.31. The zero-order chi connectivity index (χ0) is 15.9. The highest BCUT2D eigenvalue weighted by Crippen LogP contribution is 2.29. The van der Waals surface area contributed by atoms with E-state index in [1.807, 2.05) is 0 Å². The van der Waals surface area contributed by atoms with Gasteiger partial charge in [-0.15, -0.1) is 0 Å². The maximum Gasteiger partial charge on any atom is 0.387 e. The van der Waals surface area contributed by atoms with Gasteiger partial charge >= 0.3 is 6.61 Å². The highest BCUT2D eigenvalue weighted by atomic mass is 19.3. The first kappa shape index (κ1) is 15.7. The van der Waals surface area contributed by atoms with Crippen molar-refractivity contribution >= 4 is 5.91 Å². The number of halogens is 2. The van der Waals surface area contributed by atoms with E-state index >= 15 is 0 Å². The molecule has 5 nitrogen and oxygen atoms in total. The summed E-state index contributed by atoms with van der Waals surface area (Å²) in [4.78, 5) is 15.9. The Labute approximate surface area is 125 Å². The number of pyridine rings is 1. The first-order valence-corrected chi connectivity index (χ1v) is 6.40. The molecule has 0 unspecified atom stereocenters. The van der Waals surface area contributed by atoms with Gasteiger partial charge in [-0.05, 0) is 35.9 Å². The van der Waals surface area contributed by atoms with Crippen molar-refractivity contribution in [1.29, 1.82) is 0 Å². The number of methoxy groups -OCH3 is 1. The van der Waals surface area contributed by atoms with E-state index in [0.29, 0.717) is 6.54 Å². The number of hydrogen-bond acceptors (Lipinski definition) is 4. The average Bonchev–Trinajstić information content (AvgIpc) is 2.53.